The zero-order valence-electron chi connectivity index (χ0n) is 11.2. The van der Waals surface area contributed by atoms with E-state index in [1.54, 1.807) is 18.2 Å². The molecule has 2 N–H and O–H groups in total. The Kier molecular flexibility index (Phi) is 6.99. The summed E-state index contributed by atoms with van der Waals surface area (Å²) in [7, 11) is 4.02. The third-order valence-corrected chi connectivity index (χ3v) is 3.22. The molecule has 0 heterocycles. The Bertz CT molecular complexity index is 424. The summed E-state index contributed by atoms with van der Waals surface area (Å²) in [5.74, 6) is -0.0372. The highest BCUT2D eigenvalue weighted by molar-refractivity contribution is 6.42. The van der Waals surface area contributed by atoms with Gasteiger partial charge in [-0.3, -0.25) is 4.79 Å². The number of anilines is 1. The van der Waals surface area contributed by atoms with Gasteiger partial charge in [0.1, 0.15) is 0 Å². The quantitative estimate of drug-likeness (QED) is 0.761. The van der Waals surface area contributed by atoms with Gasteiger partial charge in [-0.15, -0.1) is 0 Å². The van der Waals surface area contributed by atoms with Gasteiger partial charge in [0.25, 0.3) is 0 Å². The number of benzene rings is 1. The van der Waals surface area contributed by atoms with Crippen LogP contribution >= 0.6 is 23.2 Å². The molecule has 106 valence electrons. The van der Waals surface area contributed by atoms with Gasteiger partial charge < -0.3 is 15.5 Å². The van der Waals surface area contributed by atoms with Crippen molar-refractivity contribution in [3.8, 4) is 0 Å². The molecule has 1 rings (SSSR count). The molecule has 0 aliphatic heterocycles. The smallest absolute Gasteiger partial charge is 0.239 e. The highest BCUT2D eigenvalue weighted by Gasteiger charge is 2.02. The Hall–Kier alpha value is -0.970. The minimum Gasteiger partial charge on any atom is -0.376 e. The fraction of sp³-hybridized carbons (Fsp3) is 0.462. The molecule has 6 heteroatoms. The molecule has 1 aromatic rings. The van der Waals surface area contributed by atoms with Crippen LogP contribution in [0.5, 0.6) is 0 Å². The summed E-state index contributed by atoms with van der Waals surface area (Å²) in [6.45, 7) is 1.86. The lowest BCUT2D eigenvalue weighted by atomic mass is 10.3. The Morgan fingerprint density at radius 3 is 2.63 bits per heavy atom. The topological polar surface area (TPSA) is 44.4 Å². The molecule has 0 spiro atoms. The predicted octanol–water partition coefficient (Wildman–Crippen LogP) is 2.47. The SMILES string of the molecule is CN(C)CCCNC(=O)CNc1ccc(Cl)c(Cl)c1. The van der Waals surface area contributed by atoms with Crippen molar-refractivity contribution in [2.24, 2.45) is 0 Å². The summed E-state index contributed by atoms with van der Waals surface area (Å²) in [6.07, 6.45) is 0.936. The van der Waals surface area contributed by atoms with Gasteiger partial charge >= 0.3 is 0 Å². The van der Waals surface area contributed by atoms with Crippen molar-refractivity contribution in [3.63, 3.8) is 0 Å². The normalized spacial score (nSPS) is 10.6. The Labute approximate surface area is 124 Å². The fourth-order valence-electron chi connectivity index (χ4n) is 1.47. The van der Waals surface area contributed by atoms with Crippen molar-refractivity contribution < 1.29 is 4.79 Å². The predicted molar refractivity (Wildman–Crippen MR) is 81.1 cm³/mol. The number of nitrogens with one attached hydrogen (secondary N) is 2. The molecule has 4 nitrogen and oxygen atoms in total. The molecular weight excluding hydrogens is 285 g/mol. The van der Waals surface area contributed by atoms with E-state index in [9.17, 15) is 4.79 Å². The maximum Gasteiger partial charge on any atom is 0.239 e. The summed E-state index contributed by atoms with van der Waals surface area (Å²) in [6, 6.07) is 5.18. The molecule has 1 aromatic carbocycles. The van der Waals surface area contributed by atoms with Crippen molar-refractivity contribution in [3.05, 3.63) is 28.2 Å². The lowest BCUT2D eigenvalue weighted by Crippen LogP contribution is -2.31. The highest BCUT2D eigenvalue weighted by Crippen LogP contribution is 2.24. The van der Waals surface area contributed by atoms with Crippen LogP contribution in [0.3, 0.4) is 0 Å². The zero-order valence-corrected chi connectivity index (χ0v) is 12.7. The van der Waals surface area contributed by atoms with Crippen molar-refractivity contribution in [1.82, 2.24) is 10.2 Å². The first-order valence-electron chi connectivity index (χ1n) is 6.09. The molecule has 0 unspecified atom stereocenters. The van der Waals surface area contributed by atoms with E-state index in [4.69, 9.17) is 23.2 Å². The number of rotatable bonds is 7. The Morgan fingerprint density at radius 1 is 1.26 bits per heavy atom. The van der Waals surface area contributed by atoms with E-state index in [0.717, 1.165) is 18.7 Å². The lowest BCUT2D eigenvalue weighted by molar-refractivity contribution is -0.119. The third-order valence-electron chi connectivity index (χ3n) is 2.48. The molecule has 0 saturated heterocycles. The molecular formula is C13H19Cl2N3O. The number of amides is 1. The first-order valence-corrected chi connectivity index (χ1v) is 6.85. The second-order valence-electron chi connectivity index (χ2n) is 4.49. The monoisotopic (exact) mass is 303 g/mol. The highest BCUT2D eigenvalue weighted by atomic mass is 35.5. The Morgan fingerprint density at radius 2 is 2.00 bits per heavy atom. The van der Waals surface area contributed by atoms with Crippen LogP contribution in [0, 0.1) is 0 Å². The van der Waals surface area contributed by atoms with Gasteiger partial charge in [-0.05, 0) is 45.3 Å². The van der Waals surface area contributed by atoms with Crippen molar-refractivity contribution >= 4 is 34.8 Å². The summed E-state index contributed by atoms with van der Waals surface area (Å²) in [5.41, 5.74) is 0.776. The molecule has 0 saturated carbocycles. The van der Waals surface area contributed by atoms with Gasteiger partial charge in [-0.2, -0.15) is 0 Å². The zero-order chi connectivity index (χ0) is 14.3. The standard InChI is InChI=1S/C13H19Cl2N3O/c1-18(2)7-3-6-16-13(19)9-17-10-4-5-11(14)12(15)8-10/h4-5,8,17H,3,6-7,9H2,1-2H3,(H,16,19). The average molecular weight is 304 g/mol. The number of carbonyl (C=O) groups is 1. The van der Waals surface area contributed by atoms with Crippen LogP contribution in [0.4, 0.5) is 5.69 Å². The van der Waals surface area contributed by atoms with Gasteiger partial charge in [0.15, 0.2) is 0 Å². The molecule has 0 aliphatic carbocycles. The number of hydrogen-bond donors (Lipinski definition) is 2. The van der Waals surface area contributed by atoms with E-state index in [-0.39, 0.29) is 12.5 Å². The first kappa shape index (κ1) is 16.1. The van der Waals surface area contributed by atoms with Crippen LogP contribution < -0.4 is 10.6 Å². The molecule has 0 fully saturated rings. The number of hydrogen-bond acceptors (Lipinski definition) is 3. The fourth-order valence-corrected chi connectivity index (χ4v) is 1.77. The van der Waals surface area contributed by atoms with Crippen molar-refractivity contribution in [2.45, 2.75) is 6.42 Å². The second-order valence-corrected chi connectivity index (χ2v) is 5.30. The largest absolute Gasteiger partial charge is 0.376 e. The van der Waals surface area contributed by atoms with Crippen LogP contribution in [-0.4, -0.2) is 44.5 Å². The third kappa shape index (κ3) is 6.66. The van der Waals surface area contributed by atoms with E-state index in [2.05, 4.69) is 15.5 Å². The van der Waals surface area contributed by atoms with E-state index in [1.807, 2.05) is 14.1 Å². The van der Waals surface area contributed by atoms with Gasteiger partial charge in [-0.1, -0.05) is 23.2 Å². The van der Waals surface area contributed by atoms with Gasteiger partial charge in [-0.25, -0.2) is 0 Å². The molecule has 0 aromatic heterocycles. The van der Waals surface area contributed by atoms with Crippen LogP contribution in [0.15, 0.2) is 18.2 Å². The molecule has 0 bridgehead atoms. The summed E-state index contributed by atoms with van der Waals surface area (Å²) >= 11 is 11.7. The average Bonchev–Trinajstić information content (AvgIpc) is 2.36. The summed E-state index contributed by atoms with van der Waals surface area (Å²) in [5, 5.41) is 6.81. The minimum atomic E-state index is -0.0372. The summed E-state index contributed by atoms with van der Waals surface area (Å²) < 4.78 is 0. The van der Waals surface area contributed by atoms with Crippen molar-refractivity contribution in [2.75, 3.05) is 39.0 Å². The molecule has 0 aliphatic rings. The van der Waals surface area contributed by atoms with Gasteiger partial charge in [0.2, 0.25) is 5.91 Å². The number of nitrogens with zero attached hydrogens (tertiary/aromatic N) is 1. The van der Waals surface area contributed by atoms with Gasteiger partial charge in [0.05, 0.1) is 16.6 Å². The molecule has 1 amide bonds. The molecule has 0 atom stereocenters. The lowest BCUT2D eigenvalue weighted by Gasteiger charge is -2.11. The van der Waals surface area contributed by atoms with Crippen LogP contribution in [0.25, 0.3) is 0 Å². The number of carbonyl (C=O) groups excluding carboxylic acids is 1. The van der Waals surface area contributed by atoms with E-state index in [1.165, 1.54) is 0 Å². The van der Waals surface area contributed by atoms with Gasteiger partial charge in [0, 0.05) is 12.2 Å². The van der Waals surface area contributed by atoms with E-state index < -0.39 is 0 Å². The second kappa shape index (κ2) is 8.25. The summed E-state index contributed by atoms with van der Waals surface area (Å²) in [4.78, 5) is 13.7. The Balaban J connectivity index is 2.24. The first-order chi connectivity index (χ1) is 8.99. The van der Waals surface area contributed by atoms with Crippen molar-refractivity contribution in [1.29, 1.82) is 0 Å². The maximum absolute atomic E-state index is 11.6. The molecule has 0 radical (unpaired) electrons. The van der Waals surface area contributed by atoms with E-state index in [0.29, 0.717) is 16.6 Å². The minimum absolute atomic E-state index is 0.0372. The van der Waals surface area contributed by atoms with Crippen LogP contribution in [-0.2, 0) is 4.79 Å². The molecule has 19 heavy (non-hydrogen) atoms. The number of halogens is 2. The van der Waals surface area contributed by atoms with Crippen LogP contribution in [0.1, 0.15) is 6.42 Å². The van der Waals surface area contributed by atoms with E-state index >= 15 is 0 Å². The van der Waals surface area contributed by atoms with Crippen LogP contribution in [0.2, 0.25) is 10.0 Å². The maximum atomic E-state index is 11.6.